The Balaban J connectivity index is 1.30. The highest BCUT2D eigenvalue weighted by Gasteiger charge is 2.39. The zero-order chi connectivity index (χ0) is 25.4. The number of amides is 3. The van der Waals surface area contributed by atoms with Crippen LogP contribution in [-0.2, 0) is 33.9 Å². The molecule has 34 heavy (non-hydrogen) atoms. The van der Waals surface area contributed by atoms with Crippen molar-refractivity contribution < 1.29 is 26.3 Å². The van der Waals surface area contributed by atoms with Gasteiger partial charge in [-0.3, -0.25) is 24.6 Å². The molecule has 3 amide bonds. The van der Waals surface area contributed by atoms with Gasteiger partial charge in [-0.1, -0.05) is 18.2 Å². The van der Waals surface area contributed by atoms with Crippen LogP contribution in [0.25, 0.3) is 0 Å². The van der Waals surface area contributed by atoms with Crippen LogP contribution in [0, 0.1) is 5.82 Å². The van der Waals surface area contributed by atoms with Crippen molar-refractivity contribution in [1.29, 1.82) is 0 Å². The molecule has 0 saturated carbocycles. The first-order valence-electron chi connectivity index (χ1n) is 12.4. The maximum Gasteiger partial charge on any atom is 0.255 e. The molecule has 2 saturated heterocycles. The molecule has 2 aromatic carbocycles. The van der Waals surface area contributed by atoms with E-state index >= 15 is 0 Å². The average Bonchev–Trinajstić information content (AvgIpc) is 3.20. The van der Waals surface area contributed by atoms with Crippen LogP contribution in [0.2, 0.25) is 0 Å². The predicted molar refractivity (Wildman–Crippen MR) is 122 cm³/mol. The molecule has 0 radical (unpaired) electrons. The van der Waals surface area contributed by atoms with Gasteiger partial charge in [-0.15, -0.1) is 0 Å². The van der Waals surface area contributed by atoms with Crippen molar-refractivity contribution in [1.82, 2.24) is 15.1 Å². The van der Waals surface area contributed by atoms with E-state index in [9.17, 15) is 18.8 Å². The van der Waals surface area contributed by atoms with Crippen molar-refractivity contribution in [2.75, 3.05) is 31.6 Å². The Morgan fingerprint density at radius 2 is 2.00 bits per heavy atom. The van der Waals surface area contributed by atoms with Gasteiger partial charge < -0.3 is 15.0 Å². The third kappa shape index (κ3) is 4.53. The van der Waals surface area contributed by atoms with E-state index in [0.29, 0.717) is 48.7 Å². The Morgan fingerprint density at radius 3 is 2.76 bits per heavy atom. The van der Waals surface area contributed by atoms with Crippen molar-refractivity contribution in [3.63, 3.8) is 0 Å². The third-order valence-corrected chi connectivity index (χ3v) is 6.40. The second-order valence-electron chi connectivity index (χ2n) is 8.60. The monoisotopic (exact) mass is 468 g/mol. The summed E-state index contributed by atoms with van der Waals surface area (Å²) in [6.45, 7) is 0.290. The summed E-state index contributed by atoms with van der Waals surface area (Å²) in [5.41, 5.74) is 2.45. The molecule has 2 aromatic rings. The molecule has 0 aromatic heterocycles. The molecule has 3 heterocycles. The van der Waals surface area contributed by atoms with Crippen LogP contribution in [0.1, 0.15) is 42.6 Å². The van der Waals surface area contributed by atoms with Crippen molar-refractivity contribution in [2.24, 2.45) is 0 Å². The molecular formula is C25H27FN4O4. The minimum Gasteiger partial charge on any atom is -0.381 e. The Morgan fingerprint density at radius 1 is 1.18 bits per heavy atom. The fourth-order valence-electron chi connectivity index (χ4n) is 4.56. The van der Waals surface area contributed by atoms with E-state index in [1.54, 1.807) is 35.2 Å². The second kappa shape index (κ2) is 9.52. The van der Waals surface area contributed by atoms with Gasteiger partial charge in [-0.05, 0) is 30.2 Å². The van der Waals surface area contributed by atoms with Gasteiger partial charge in [0.05, 0.1) is 13.2 Å². The lowest BCUT2D eigenvalue weighted by Gasteiger charge is -2.29. The Labute approximate surface area is 199 Å². The van der Waals surface area contributed by atoms with E-state index in [0.717, 1.165) is 0 Å². The minimum atomic E-state index is -1.81. The molecule has 5 rings (SSSR count). The summed E-state index contributed by atoms with van der Waals surface area (Å²) >= 11 is 0. The molecule has 3 aliphatic heterocycles. The number of nitrogens with one attached hydrogen (secondary N) is 2. The lowest BCUT2D eigenvalue weighted by Crippen LogP contribution is -2.52. The number of piperidine rings is 1. The fourth-order valence-corrected chi connectivity index (χ4v) is 4.56. The molecule has 1 atom stereocenters. The summed E-state index contributed by atoms with van der Waals surface area (Å²) in [5, 5.41) is 5.48. The number of nitrogens with zero attached hydrogens (tertiary/aromatic N) is 2. The number of morpholine rings is 1. The molecule has 0 spiro atoms. The first kappa shape index (κ1) is 20.1. The summed E-state index contributed by atoms with van der Waals surface area (Å²) in [7, 11) is 0. The van der Waals surface area contributed by atoms with Crippen LogP contribution in [0.3, 0.4) is 0 Å². The van der Waals surface area contributed by atoms with Gasteiger partial charge in [0.15, 0.2) is 0 Å². The quantitative estimate of drug-likeness (QED) is 0.631. The normalized spacial score (nSPS) is 22.2. The summed E-state index contributed by atoms with van der Waals surface area (Å²) < 4.78 is 37.2. The number of hydrogen-bond donors (Lipinski definition) is 2. The fraction of sp³-hybridized carbons (Fsp3) is 0.400. The van der Waals surface area contributed by atoms with Gasteiger partial charge in [0.25, 0.3) is 5.91 Å². The maximum atomic E-state index is 15.0. The van der Waals surface area contributed by atoms with Crippen LogP contribution in [0.5, 0.6) is 0 Å². The number of ether oxygens (including phenoxy) is 1. The standard InChI is InChI=1S/C25H27FN4O4/c26-20-12-16(14-29-8-10-34-11-9-29)4-5-17(20)13-27-21-3-1-2-18-19(21)15-30(25(18)33)22-6-7-23(31)28-24(22)32/h1-5,12,22,27H,6-11,13-15H2,(H,28,31,32)/i14D2. The summed E-state index contributed by atoms with van der Waals surface area (Å²) in [6.07, 6.45) is 0.461. The first-order chi connectivity index (χ1) is 17.3. The molecule has 8 nitrogen and oxygen atoms in total. The first-order valence-corrected chi connectivity index (χ1v) is 11.4. The Bertz CT molecular complexity index is 1220. The lowest BCUT2D eigenvalue weighted by molar-refractivity contribution is -0.136. The highest BCUT2D eigenvalue weighted by Crippen LogP contribution is 2.32. The van der Waals surface area contributed by atoms with E-state index in [4.69, 9.17) is 7.48 Å². The number of imide groups is 1. The minimum absolute atomic E-state index is 0.135. The summed E-state index contributed by atoms with van der Waals surface area (Å²) in [5.74, 6) is -1.61. The molecule has 1 unspecified atom stereocenters. The number of benzene rings is 2. The van der Waals surface area contributed by atoms with Crippen molar-refractivity contribution in [3.8, 4) is 0 Å². The Kier molecular flexibility index (Phi) is 5.63. The van der Waals surface area contributed by atoms with Crippen molar-refractivity contribution >= 4 is 23.4 Å². The van der Waals surface area contributed by atoms with Crippen LogP contribution in [-0.4, -0.2) is 59.9 Å². The number of rotatable bonds is 6. The smallest absolute Gasteiger partial charge is 0.255 e. The van der Waals surface area contributed by atoms with Gasteiger partial charge in [0, 0.05) is 64.2 Å². The van der Waals surface area contributed by atoms with Gasteiger partial charge in [0.1, 0.15) is 11.9 Å². The van der Waals surface area contributed by atoms with Gasteiger partial charge in [0.2, 0.25) is 11.8 Å². The number of carbonyl (C=O) groups is 3. The van der Waals surface area contributed by atoms with E-state index in [1.165, 1.54) is 11.0 Å². The van der Waals surface area contributed by atoms with Gasteiger partial charge in [-0.25, -0.2) is 4.39 Å². The largest absolute Gasteiger partial charge is 0.381 e. The lowest BCUT2D eigenvalue weighted by atomic mass is 10.0. The van der Waals surface area contributed by atoms with E-state index in [2.05, 4.69) is 10.6 Å². The SMILES string of the molecule is [2H]C([2H])(c1ccc(CNc2cccc3c2CN(C2CCC(=O)NC2=O)C3=O)c(F)c1)N1CCOCC1. The maximum absolute atomic E-state index is 15.0. The molecule has 2 fully saturated rings. The number of halogens is 1. The third-order valence-electron chi connectivity index (χ3n) is 6.40. The topological polar surface area (TPSA) is 91.0 Å². The number of fused-ring (bicyclic) bond motifs is 1. The summed E-state index contributed by atoms with van der Waals surface area (Å²) in [4.78, 5) is 39.9. The van der Waals surface area contributed by atoms with Crippen LogP contribution in [0.15, 0.2) is 36.4 Å². The molecule has 178 valence electrons. The average molecular weight is 469 g/mol. The highest BCUT2D eigenvalue weighted by molar-refractivity contribution is 6.06. The van der Waals surface area contributed by atoms with E-state index in [1.807, 2.05) is 0 Å². The second-order valence-corrected chi connectivity index (χ2v) is 8.60. The molecule has 0 aliphatic carbocycles. The number of anilines is 1. The molecule has 3 aliphatic rings. The summed E-state index contributed by atoms with van der Waals surface area (Å²) in [6, 6.07) is 8.90. The predicted octanol–water partition coefficient (Wildman–Crippen LogP) is 2.03. The molecule has 2 N–H and O–H groups in total. The molecular weight excluding hydrogens is 439 g/mol. The van der Waals surface area contributed by atoms with E-state index in [-0.39, 0.29) is 43.3 Å². The van der Waals surface area contributed by atoms with Crippen molar-refractivity contribution in [2.45, 2.75) is 38.5 Å². The zero-order valence-electron chi connectivity index (χ0n) is 20.6. The zero-order valence-corrected chi connectivity index (χ0v) is 18.6. The number of carbonyl (C=O) groups excluding carboxylic acids is 3. The van der Waals surface area contributed by atoms with Crippen LogP contribution in [0.4, 0.5) is 10.1 Å². The molecule has 9 heteroatoms. The number of hydrogen-bond acceptors (Lipinski definition) is 6. The van der Waals surface area contributed by atoms with Crippen molar-refractivity contribution in [3.05, 3.63) is 64.5 Å². The molecule has 0 bridgehead atoms. The highest BCUT2D eigenvalue weighted by atomic mass is 19.1. The van der Waals surface area contributed by atoms with E-state index < -0.39 is 24.3 Å². The van der Waals surface area contributed by atoms with Gasteiger partial charge in [-0.2, -0.15) is 0 Å². The van der Waals surface area contributed by atoms with Crippen LogP contribution < -0.4 is 10.6 Å². The van der Waals surface area contributed by atoms with Crippen LogP contribution >= 0.6 is 0 Å². The Hall–Kier alpha value is -3.30. The van der Waals surface area contributed by atoms with Gasteiger partial charge >= 0.3 is 0 Å².